The first-order valence-electron chi connectivity index (χ1n) is 6.35. The SMILES string of the molecule is CN(C(=O)Cc1cccc(O)c1)c1ccc(C(=O)O)cc1. The van der Waals surface area contributed by atoms with Crippen molar-refractivity contribution < 1.29 is 19.8 Å². The Kier molecular flexibility index (Phi) is 4.23. The molecule has 0 aliphatic heterocycles. The molecule has 108 valence electrons. The van der Waals surface area contributed by atoms with Gasteiger partial charge in [0, 0.05) is 12.7 Å². The summed E-state index contributed by atoms with van der Waals surface area (Å²) in [6.45, 7) is 0. The highest BCUT2D eigenvalue weighted by Gasteiger charge is 2.12. The van der Waals surface area contributed by atoms with E-state index in [0.29, 0.717) is 11.3 Å². The van der Waals surface area contributed by atoms with Crippen molar-refractivity contribution in [3.63, 3.8) is 0 Å². The first kappa shape index (κ1) is 14.6. The highest BCUT2D eigenvalue weighted by molar-refractivity contribution is 5.95. The Balaban J connectivity index is 2.10. The van der Waals surface area contributed by atoms with Crippen LogP contribution in [0, 0.1) is 0 Å². The smallest absolute Gasteiger partial charge is 0.335 e. The summed E-state index contributed by atoms with van der Waals surface area (Å²) in [5, 5.41) is 18.2. The zero-order valence-electron chi connectivity index (χ0n) is 11.5. The number of benzene rings is 2. The molecule has 21 heavy (non-hydrogen) atoms. The Hall–Kier alpha value is -2.82. The second-order valence-corrected chi connectivity index (χ2v) is 4.65. The van der Waals surface area contributed by atoms with E-state index in [1.54, 1.807) is 43.4 Å². The Morgan fingerprint density at radius 1 is 1.10 bits per heavy atom. The number of carbonyl (C=O) groups excluding carboxylic acids is 1. The fraction of sp³-hybridized carbons (Fsp3) is 0.125. The van der Waals surface area contributed by atoms with Crippen molar-refractivity contribution in [2.45, 2.75) is 6.42 Å². The third kappa shape index (κ3) is 3.60. The van der Waals surface area contributed by atoms with Crippen LogP contribution in [0.3, 0.4) is 0 Å². The number of anilines is 1. The Labute approximate surface area is 122 Å². The normalized spacial score (nSPS) is 10.1. The minimum atomic E-state index is -1.00. The minimum absolute atomic E-state index is 0.119. The average Bonchev–Trinajstić information content (AvgIpc) is 2.46. The van der Waals surface area contributed by atoms with Crippen molar-refractivity contribution in [1.29, 1.82) is 0 Å². The summed E-state index contributed by atoms with van der Waals surface area (Å²) in [5.74, 6) is -1.03. The predicted molar refractivity (Wildman–Crippen MR) is 78.6 cm³/mol. The molecular weight excluding hydrogens is 270 g/mol. The van der Waals surface area contributed by atoms with Gasteiger partial charge in [-0.1, -0.05) is 12.1 Å². The van der Waals surface area contributed by atoms with Crippen molar-refractivity contribution >= 4 is 17.6 Å². The number of carbonyl (C=O) groups is 2. The van der Waals surface area contributed by atoms with Crippen LogP contribution in [0.4, 0.5) is 5.69 Å². The molecule has 0 atom stereocenters. The van der Waals surface area contributed by atoms with Gasteiger partial charge in [-0.2, -0.15) is 0 Å². The molecular formula is C16H15NO4. The van der Waals surface area contributed by atoms with E-state index in [0.717, 1.165) is 0 Å². The van der Waals surface area contributed by atoms with Gasteiger partial charge in [0.25, 0.3) is 0 Å². The molecule has 0 spiro atoms. The summed E-state index contributed by atoms with van der Waals surface area (Å²) in [5.41, 5.74) is 1.51. The average molecular weight is 285 g/mol. The summed E-state index contributed by atoms with van der Waals surface area (Å²) in [4.78, 5) is 24.4. The quantitative estimate of drug-likeness (QED) is 0.903. The summed E-state index contributed by atoms with van der Waals surface area (Å²) < 4.78 is 0. The lowest BCUT2D eigenvalue weighted by atomic mass is 10.1. The molecule has 0 aliphatic carbocycles. The number of hydrogen-bond donors (Lipinski definition) is 2. The fourth-order valence-corrected chi connectivity index (χ4v) is 1.93. The lowest BCUT2D eigenvalue weighted by molar-refractivity contribution is -0.117. The van der Waals surface area contributed by atoms with Gasteiger partial charge >= 0.3 is 5.97 Å². The molecule has 0 bridgehead atoms. The van der Waals surface area contributed by atoms with Crippen LogP contribution in [0.25, 0.3) is 0 Å². The Morgan fingerprint density at radius 3 is 2.33 bits per heavy atom. The number of carboxylic acid groups (broad SMARTS) is 1. The number of amides is 1. The van der Waals surface area contributed by atoms with Gasteiger partial charge in [0.15, 0.2) is 0 Å². The van der Waals surface area contributed by atoms with Gasteiger partial charge in [-0.05, 0) is 42.0 Å². The highest BCUT2D eigenvalue weighted by Crippen LogP contribution is 2.17. The molecule has 2 aromatic carbocycles. The van der Waals surface area contributed by atoms with Gasteiger partial charge in [0.2, 0.25) is 5.91 Å². The van der Waals surface area contributed by atoms with Crippen molar-refractivity contribution in [2.75, 3.05) is 11.9 Å². The lowest BCUT2D eigenvalue weighted by Crippen LogP contribution is -2.27. The van der Waals surface area contributed by atoms with Gasteiger partial charge in [0.1, 0.15) is 5.75 Å². The van der Waals surface area contributed by atoms with Crippen LogP contribution >= 0.6 is 0 Å². The number of rotatable bonds is 4. The standard InChI is InChI=1S/C16H15NO4/c1-17(13-7-5-12(6-8-13)16(20)21)15(19)10-11-3-2-4-14(18)9-11/h2-9,18H,10H2,1H3,(H,20,21). The predicted octanol–water partition coefficient (Wildman–Crippen LogP) is 2.30. The molecule has 0 radical (unpaired) electrons. The number of hydrogen-bond acceptors (Lipinski definition) is 3. The molecule has 0 aromatic heterocycles. The van der Waals surface area contributed by atoms with E-state index >= 15 is 0 Å². The number of aromatic hydroxyl groups is 1. The molecule has 0 fully saturated rings. The third-order valence-corrected chi connectivity index (χ3v) is 3.14. The molecule has 5 heteroatoms. The van der Waals surface area contributed by atoms with Crippen molar-refractivity contribution in [3.8, 4) is 5.75 Å². The van der Waals surface area contributed by atoms with Gasteiger partial charge in [-0.25, -0.2) is 4.79 Å². The number of aromatic carboxylic acids is 1. The van der Waals surface area contributed by atoms with Gasteiger partial charge in [-0.3, -0.25) is 4.79 Å². The molecule has 0 saturated carbocycles. The summed E-state index contributed by atoms with van der Waals surface area (Å²) >= 11 is 0. The topological polar surface area (TPSA) is 77.8 Å². The van der Waals surface area contributed by atoms with Crippen LogP contribution in [0.5, 0.6) is 5.75 Å². The maximum atomic E-state index is 12.2. The molecule has 0 heterocycles. The van der Waals surface area contributed by atoms with Crippen molar-refractivity contribution in [1.82, 2.24) is 0 Å². The largest absolute Gasteiger partial charge is 0.508 e. The first-order valence-corrected chi connectivity index (χ1v) is 6.35. The van der Waals surface area contributed by atoms with E-state index in [-0.39, 0.29) is 23.6 Å². The van der Waals surface area contributed by atoms with Crippen LogP contribution in [-0.2, 0) is 11.2 Å². The second-order valence-electron chi connectivity index (χ2n) is 4.65. The number of nitrogens with zero attached hydrogens (tertiary/aromatic N) is 1. The van der Waals surface area contributed by atoms with E-state index in [1.165, 1.54) is 17.0 Å². The zero-order valence-corrected chi connectivity index (χ0v) is 11.5. The summed E-state index contributed by atoms with van der Waals surface area (Å²) in [7, 11) is 1.63. The Bertz CT molecular complexity index is 664. The van der Waals surface area contributed by atoms with E-state index < -0.39 is 5.97 Å². The van der Waals surface area contributed by atoms with Crippen molar-refractivity contribution in [3.05, 3.63) is 59.7 Å². The molecule has 1 amide bonds. The van der Waals surface area contributed by atoms with E-state index in [9.17, 15) is 14.7 Å². The van der Waals surface area contributed by atoms with Gasteiger partial charge < -0.3 is 15.1 Å². The molecule has 0 unspecified atom stereocenters. The number of likely N-dealkylation sites (N-methyl/N-ethyl adjacent to an activating group) is 1. The third-order valence-electron chi connectivity index (χ3n) is 3.14. The number of phenols is 1. The van der Waals surface area contributed by atoms with Crippen LogP contribution < -0.4 is 4.90 Å². The molecule has 0 aliphatic rings. The maximum Gasteiger partial charge on any atom is 0.335 e. The number of carboxylic acids is 1. The first-order chi connectivity index (χ1) is 9.97. The van der Waals surface area contributed by atoms with Crippen molar-refractivity contribution in [2.24, 2.45) is 0 Å². The monoisotopic (exact) mass is 285 g/mol. The fourth-order valence-electron chi connectivity index (χ4n) is 1.93. The van der Waals surface area contributed by atoms with Gasteiger partial charge in [0.05, 0.1) is 12.0 Å². The molecule has 5 nitrogen and oxygen atoms in total. The van der Waals surface area contributed by atoms with E-state index in [2.05, 4.69) is 0 Å². The van der Waals surface area contributed by atoms with E-state index in [4.69, 9.17) is 5.11 Å². The number of phenolic OH excluding ortho intramolecular Hbond substituents is 1. The Morgan fingerprint density at radius 2 is 1.76 bits per heavy atom. The molecule has 0 saturated heterocycles. The molecule has 2 N–H and O–H groups in total. The molecule has 2 aromatic rings. The minimum Gasteiger partial charge on any atom is -0.508 e. The van der Waals surface area contributed by atoms with Crippen LogP contribution in [-0.4, -0.2) is 29.1 Å². The highest BCUT2D eigenvalue weighted by atomic mass is 16.4. The summed E-state index contributed by atoms with van der Waals surface area (Å²) in [6, 6.07) is 12.6. The van der Waals surface area contributed by atoms with Crippen LogP contribution in [0.1, 0.15) is 15.9 Å². The van der Waals surface area contributed by atoms with Crippen LogP contribution in [0.15, 0.2) is 48.5 Å². The molecule has 2 rings (SSSR count). The maximum absolute atomic E-state index is 12.2. The zero-order chi connectivity index (χ0) is 15.4. The van der Waals surface area contributed by atoms with E-state index in [1.807, 2.05) is 0 Å². The lowest BCUT2D eigenvalue weighted by Gasteiger charge is -2.17. The van der Waals surface area contributed by atoms with Crippen LogP contribution in [0.2, 0.25) is 0 Å². The van der Waals surface area contributed by atoms with Gasteiger partial charge in [-0.15, -0.1) is 0 Å². The second kappa shape index (κ2) is 6.09. The summed E-state index contributed by atoms with van der Waals surface area (Å²) in [6.07, 6.45) is 0.158.